The standard InChI is InChI=1S/C52H75FN6O11/c1-12-32(6)47(57(9)51(66)45(30(2)3)55-50(65)46(31(4)5)56(8)43(62)20-14-13-17-23-58-36(28-60)21-22-37(58)29-61)42(69-10)27-44(63)59-40-25-35(40)26-41(59)48(70-11)33(7)49(64)54-39(52(67)68)24-34-18-15-16-19-38(34)53/h15-16,18-19,21-22,30-33,35,39-42,45-48H,12-14,17,20,23-27H2,1-11H3,(H,54,64)(H,55,65)(H,67,68)/t32-,33+,35-,39-,40-,41-,42+,45-,46-,47?,48+/m0/s1. The molecular formula is C52H75FN6O11. The number of carbonyl (C=O) groups excluding carboxylic acids is 7. The molecule has 1 saturated heterocycles. The molecule has 18 heteroatoms. The highest BCUT2D eigenvalue weighted by molar-refractivity contribution is 5.92. The molecule has 1 aliphatic heterocycles. The van der Waals surface area contributed by atoms with E-state index in [0.717, 1.165) is 6.42 Å². The summed E-state index contributed by atoms with van der Waals surface area (Å²) < 4.78 is 28.0. The number of nitrogens with one attached hydrogen (secondary N) is 2. The minimum atomic E-state index is -1.41. The summed E-state index contributed by atoms with van der Waals surface area (Å²) in [7, 11) is 6.16. The number of ether oxygens (including phenoxy) is 2. The van der Waals surface area contributed by atoms with Crippen LogP contribution in [0.15, 0.2) is 36.4 Å². The fraction of sp³-hybridized carbons (Fsp3) is 0.654. The number of carbonyl (C=O) groups is 6. The van der Waals surface area contributed by atoms with Crippen molar-refractivity contribution in [2.45, 2.75) is 161 Å². The third-order valence-corrected chi connectivity index (χ3v) is 14.5. The van der Waals surface area contributed by atoms with E-state index in [9.17, 15) is 47.9 Å². The third kappa shape index (κ3) is 13.8. The van der Waals surface area contributed by atoms with Crippen LogP contribution in [0.5, 0.6) is 0 Å². The summed E-state index contributed by atoms with van der Waals surface area (Å²) in [6.07, 6.45) is 1.92. The number of piperidine rings is 1. The first kappa shape index (κ1) is 56.9. The number of methoxy groups -OCH3 is 2. The molecule has 1 unspecified atom stereocenters. The van der Waals surface area contributed by atoms with Gasteiger partial charge in [0.1, 0.15) is 34.6 Å². The number of nitrogens with zero attached hydrogens (tertiary/aromatic N) is 4. The number of likely N-dealkylation sites (tertiary alicyclic amines) is 1. The first-order valence-electron chi connectivity index (χ1n) is 24.6. The molecule has 70 heavy (non-hydrogen) atoms. The Labute approximate surface area is 411 Å². The fourth-order valence-electron chi connectivity index (χ4n) is 10.2. The van der Waals surface area contributed by atoms with Crippen LogP contribution >= 0.6 is 0 Å². The highest BCUT2D eigenvalue weighted by Crippen LogP contribution is 2.50. The summed E-state index contributed by atoms with van der Waals surface area (Å²) in [6, 6.07) is 4.29. The van der Waals surface area contributed by atoms with Gasteiger partial charge in [-0.2, -0.15) is 0 Å². The monoisotopic (exact) mass is 979 g/mol. The smallest absolute Gasteiger partial charge is 0.326 e. The molecule has 0 radical (unpaired) electrons. The lowest BCUT2D eigenvalue weighted by molar-refractivity contribution is -0.149. The van der Waals surface area contributed by atoms with Crippen LogP contribution < -0.4 is 21.3 Å². The zero-order valence-electron chi connectivity index (χ0n) is 42.7. The Morgan fingerprint density at radius 3 is 2.03 bits per heavy atom. The first-order chi connectivity index (χ1) is 33.2. The Hall–Kier alpha value is -5.67. The Morgan fingerprint density at radius 1 is 0.843 bits per heavy atom. The van der Waals surface area contributed by atoms with Crippen LogP contribution in [0.1, 0.15) is 105 Å². The van der Waals surface area contributed by atoms with Gasteiger partial charge in [-0.1, -0.05) is 79.5 Å². The van der Waals surface area contributed by atoms with E-state index in [1.165, 1.54) is 54.0 Å². The van der Waals surface area contributed by atoms with Gasteiger partial charge in [-0.3, -0.25) is 24.0 Å². The minimum Gasteiger partial charge on any atom is -0.480 e. The quantitative estimate of drug-likeness (QED) is 0.111. The van der Waals surface area contributed by atoms with E-state index < -0.39 is 71.9 Å². The number of aromatic nitrogens is 1. The molecule has 2 aliphatic rings. The maximum atomic E-state index is 14.7. The van der Waals surface area contributed by atoms with Gasteiger partial charge in [-0.25, -0.2) is 18.8 Å². The van der Waals surface area contributed by atoms with Gasteiger partial charge in [0.25, 0.3) is 0 Å². The molecule has 3 N–H and O–H groups in total. The molecule has 1 aliphatic carbocycles. The number of unbranched alkanes of at least 4 members (excludes halogenated alkanes) is 2. The molecule has 1 saturated carbocycles. The van der Waals surface area contributed by atoms with Crippen molar-refractivity contribution < 1.29 is 57.3 Å². The number of hydrogen-bond donors (Lipinski definition) is 3. The molecule has 2 fully saturated rings. The minimum absolute atomic E-state index is 0.0833. The van der Waals surface area contributed by atoms with Crippen molar-refractivity contribution in [3.05, 3.63) is 58.5 Å². The van der Waals surface area contributed by atoms with Crippen LogP contribution in [0.4, 0.5) is 4.39 Å². The molecule has 11 atom stereocenters. The van der Waals surface area contributed by atoms with Gasteiger partial charge < -0.3 is 44.5 Å². The number of amides is 5. The van der Waals surface area contributed by atoms with E-state index in [2.05, 4.69) is 10.6 Å². The maximum Gasteiger partial charge on any atom is 0.326 e. The summed E-state index contributed by atoms with van der Waals surface area (Å²) in [5.74, 6) is -1.77. The number of likely N-dealkylation sites (N-methyl/N-ethyl adjacent to an activating group) is 2. The Morgan fingerprint density at radius 2 is 1.49 bits per heavy atom. The molecule has 17 nitrogen and oxygen atoms in total. The van der Waals surface area contributed by atoms with Crippen LogP contribution in [0.3, 0.4) is 0 Å². The Balaban J connectivity index is 1.44. The number of aliphatic carboxylic acids is 1. The highest BCUT2D eigenvalue weighted by Gasteiger charge is 2.57. The van der Waals surface area contributed by atoms with Crippen LogP contribution in [0.25, 0.3) is 0 Å². The molecule has 1 aromatic carbocycles. The van der Waals surface area contributed by atoms with E-state index >= 15 is 0 Å². The normalized spacial score (nSPS) is 19.6. The summed E-state index contributed by atoms with van der Waals surface area (Å²) in [4.78, 5) is 110. The van der Waals surface area contributed by atoms with Crippen molar-refractivity contribution in [1.82, 2.24) is 29.9 Å². The average Bonchev–Trinajstić information content (AvgIpc) is 3.80. The van der Waals surface area contributed by atoms with E-state index in [4.69, 9.17) is 9.47 Å². The predicted molar refractivity (Wildman–Crippen MR) is 258 cm³/mol. The zero-order valence-corrected chi connectivity index (χ0v) is 42.7. The van der Waals surface area contributed by atoms with Crippen molar-refractivity contribution in [3.63, 3.8) is 0 Å². The van der Waals surface area contributed by atoms with Gasteiger partial charge in [0, 0.05) is 53.7 Å². The summed E-state index contributed by atoms with van der Waals surface area (Å²) in [6.45, 7) is 13.3. The summed E-state index contributed by atoms with van der Waals surface area (Å²) >= 11 is 0. The lowest BCUT2D eigenvalue weighted by Crippen LogP contribution is -2.60. The van der Waals surface area contributed by atoms with Gasteiger partial charge in [-0.05, 0) is 73.1 Å². The van der Waals surface area contributed by atoms with Crippen molar-refractivity contribution in [2.75, 3.05) is 28.3 Å². The summed E-state index contributed by atoms with van der Waals surface area (Å²) in [5.41, 5.74) is 0.146. The molecule has 2 aromatic rings. The fourth-order valence-corrected chi connectivity index (χ4v) is 10.2. The number of benzene rings is 1. The zero-order chi connectivity index (χ0) is 52.1. The average molecular weight is 979 g/mol. The molecule has 2 heterocycles. The molecule has 5 amide bonds. The largest absolute Gasteiger partial charge is 0.480 e. The van der Waals surface area contributed by atoms with E-state index in [1.807, 2.05) is 53.4 Å². The van der Waals surface area contributed by atoms with Crippen LogP contribution in [-0.4, -0.2) is 149 Å². The van der Waals surface area contributed by atoms with Gasteiger partial charge >= 0.3 is 5.97 Å². The lowest BCUT2D eigenvalue weighted by atomic mass is 9.89. The summed E-state index contributed by atoms with van der Waals surface area (Å²) in [5, 5.41) is 16.0. The van der Waals surface area contributed by atoms with Crippen molar-refractivity contribution in [1.29, 1.82) is 0 Å². The molecule has 1 aromatic heterocycles. The van der Waals surface area contributed by atoms with Gasteiger partial charge in [0.05, 0.1) is 36.6 Å². The molecule has 386 valence electrons. The molecule has 0 spiro atoms. The van der Waals surface area contributed by atoms with E-state index in [-0.39, 0.29) is 83.0 Å². The second kappa shape index (κ2) is 26.0. The van der Waals surface area contributed by atoms with Crippen LogP contribution in [-0.2, 0) is 60.8 Å². The molecular weight excluding hydrogens is 904 g/mol. The number of rotatable bonds is 27. The second-order valence-corrected chi connectivity index (χ2v) is 19.8. The highest BCUT2D eigenvalue weighted by atomic mass is 19.1. The third-order valence-electron chi connectivity index (χ3n) is 14.5. The maximum absolute atomic E-state index is 14.7. The second-order valence-electron chi connectivity index (χ2n) is 19.8. The van der Waals surface area contributed by atoms with Crippen molar-refractivity contribution >= 4 is 47.4 Å². The van der Waals surface area contributed by atoms with Crippen LogP contribution in [0.2, 0.25) is 0 Å². The SMILES string of the molecule is CC[C@H](C)C([C@@H](CC(=O)N1[C@H]2C[C@H]2C[C@H]1[C@H](OC)[C@@H](C)C(=O)N[C@@H](Cc1ccccc1F)C(=O)O)OC)N(C)C(=O)[C@@H](NC(=O)[C@H](C(C)C)N(C)C(=O)CCCCCn1c(=C=O)ccc1=C=O)C(C)C. The van der Waals surface area contributed by atoms with Gasteiger partial charge in [0.15, 0.2) is 11.9 Å². The number of hydrogen-bond acceptors (Lipinski definition) is 10. The van der Waals surface area contributed by atoms with E-state index in [1.54, 1.807) is 36.9 Å². The topological polar surface area (TPSA) is 214 Å². The van der Waals surface area contributed by atoms with Crippen LogP contribution in [0, 0.1) is 35.4 Å². The van der Waals surface area contributed by atoms with Gasteiger partial charge in [0.2, 0.25) is 29.5 Å². The number of carboxylic acid groups (broad SMARTS) is 1. The van der Waals surface area contributed by atoms with Gasteiger partial charge in [-0.15, -0.1) is 0 Å². The lowest BCUT2D eigenvalue weighted by Gasteiger charge is -2.41. The predicted octanol–water partition coefficient (Wildman–Crippen LogP) is 2.55. The number of halogens is 1. The van der Waals surface area contributed by atoms with Crippen molar-refractivity contribution in [2.24, 2.45) is 29.6 Å². The number of fused-ring (bicyclic) bond motifs is 1. The Kier molecular flexibility index (Phi) is 21.1. The Bertz CT molecular complexity index is 2290. The van der Waals surface area contributed by atoms with Crippen molar-refractivity contribution in [3.8, 4) is 0 Å². The molecule has 0 bridgehead atoms. The first-order valence-corrected chi connectivity index (χ1v) is 24.6. The number of carboxylic acids is 1. The van der Waals surface area contributed by atoms with E-state index in [0.29, 0.717) is 38.6 Å². The molecule has 4 rings (SSSR count).